The molecule has 2 rings (SSSR count). The van der Waals surface area contributed by atoms with Gasteiger partial charge in [-0.2, -0.15) is 0 Å². The Hall–Kier alpha value is -1.81. The van der Waals surface area contributed by atoms with E-state index in [0.717, 1.165) is 7.14 Å². The van der Waals surface area contributed by atoms with Crippen molar-refractivity contribution in [3.63, 3.8) is 0 Å². The van der Waals surface area contributed by atoms with Crippen molar-refractivity contribution in [3.05, 3.63) is 54.7 Å². The summed E-state index contributed by atoms with van der Waals surface area (Å²) in [6.45, 7) is 0. The topological polar surface area (TPSA) is 93.1 Å². The Morgan fingerprint density at radius 2 is 1.21 bits per heavy atom. The predicted octanol–water partition coefficient (Wildman–Crippen LogP) is -3.77. The van der Waals surface area contributed by atoms with E-state index in [0.29, 0.717) is 11.5 Å². The molecular formula is C16H14BrIO6. The van der Waals surface area contributed by atoms with E-state index < -0.39 is 33.1 Å². The van der Waals surface area contributed by atoms with E-state index in [1.165, 1.54) is 26.4 Å². The second-order valence-corrected chi connectivity index (χ2v) is 7.27. The third-order valence-electron chi connectivity index (χ3n) is 3.00. The molecule has 2 aromatic carbocycles. The minimum Gasteiger partial charge on any atom is -1.00 e. The van der Waals surface area contributed by atoms with E-state index in [2.05, 4.69) is 0 Å². The molecule has 0 amide bonds. The normalized spacial score (nSPS) is 9.75. The van der Waals surface area contributed by atoms with Gasteiger partial charge in [-0.1, -0.05) is 0 Å². The van der Waals surface area contributed by atoms with Gasteiger partial charge in [-0.05, 0) is 24.3 Å². The number of hydrogen-bond acceptors (Lipinski definition) is 4. The van der Waals surface area contributed by atoms with Crippen LogP contribution < -0.4 is 47.7 Å². The van der Waals surface area contributed by atoms with E-state index in [9.17, 15) is 9.59 Å². The van der Waals surface area contributed by atoms with Crippen molar-refractivity contribution in [2.24, 2.45) is 0 Å². The van der Waals surface area contributed by atoms with E-state index in [-0.39, 0.29) is 28.1 Å². The first-order valence-electron chi connectivity index (χ1n) is 6.43. The number of halogens is 2. The summed E-state index contributed by atoms with van der Waals surface area (Å²) in [7, 11) is 3.02. The highest BCUT2D eigenvalue weighted by Crippen LogP contribution is 2.14. The highest BCUT2D eigenvalue weighted by molar-refractivity contribution is 5.88. The Balaban J connectivity index is 0.00000288. The molecular weight excluding hydrogens is 495 g/mol. The quantitative estimate of drug-likeness (QED) is 0.389. The fourth-order valence-electron chi connectivity index (χ4n) is 1.86. The summed E-state index contributed by atoms with van der Waals surface area (Å²) >= 11 is -0.889. The lowest BCUT2D eigenvalue weighted by atomic mass is 10.2. The molecule has 2 aromatic rings. The summed E-state index contributed by atoms with van der Waals surface area (Å²) in [6, 6.07) is 9.26. The first kappa shape index (κ1) is 20.2. The number of hydrogen-bond donors (Lipinski definition) is 2. The monoisotopic (exact) mass is 508 g/mol. The maximum absolute atomic E-state index is 11.1. The molecule has 0 unspecified atom stereocenters. The second kappa shape index (κ2) is 8.88. The van der Waals surface area contributed by atoms with Crippen LogP contribution in [0.3, 0.4) is 0 Å². The van der Waals surface area contributed by atoms with E-state index in [4.69, 9.17) is 19.7 Å². The Bertz CT molecular complexity index is 699. The molecule has 2 N–H and O–H groups in total. The Kier molecular flexibility index (Phi) is 7.49. The largest absolute Gasteiger partial charge is 1.00 e. The average molecular weight is 509 g/mol. The summed E-state index contributed by atoms with van der Waals surface area (Å²) in [6.07, 6.45) is 0. The molecule has 0 heterocycles. The fourth-order valence-corrected chi connectivity index (χ4v) is 4.80. The van der Waals surface area contributed by atoms with Crippen molar-refractivity contribution in [2.75, 3.05) is 14.2 Å². The maximum atomic E-state index is 11.1. The highest BCUT2D eigenvalue weighted by Gasteiger charge is 2.27. The van der Waals surface area contributed by atoms with Crippen LogP contribution in [-0.4, -0.2) is 36.4 Å². The van der Waals surface area contributed by atoms with Crippen molar-refractivity contribution in [1.29, 1.82) is 0 Å². The molecule has 0 radical (unpaired) electrons. The molecule has 0 aliphatic rings. The average Bonchev–Trinajstić information content (AvgIpc) is 2.54. The van der Waals surface area contributed by atoms with Crippen LogP contribution in [0.15, 0.2) is 36.4 Å². The zero-order valence-electron chi connectivity index (χ0n) is 12.7. The van der Waals surface area contributed by atoms with Gasteiger partial charge in [0.05, 0.1) is 25.3 Å². The first-order valence-corrected chi connectivity index (χ1v) is 8.59. The molecule has 0 aromatic heterocycles. The molecule has 0 bridgehead atoms. The zero-order chi connectivity index (χ0) is 17.0. The minimum atomic E-state index is -1.02. The summed E-state index contributed by atoms with van der Waals surface area (Å²) in [5, 5.41) is 18.3. The molecule has 0 aliphatic carbocycles. The number of rotatable bonds is 6. The molecule has 0 atom stereocenters. The molecule has 0 saturated carbocycles. The number of carboxylic acids is 2. The number of aromatic carboxylic acids is 2. The van der Waals surface area contributed by atoms with E-state index in [1.807, 2.05) is 0 Å². The summed E-state index contributed by atoms with van der Waals surface area (Å²) < 4.78 is 12.0. The first-order chi connectivity index (χ1) is 11.0. The third-order valence-corrected chi connectivity index (χ3v) is 5.85. The van der Waals surface area contributed by atoms with Crippen LogP contribution in [0.25, 0.3) is 0 Å². The molecule has 6 nitrogen and oxygen atoms in total. The molecule has 0 saturated heterocycles. The van der Waals surface area contributed by atoms with Gasteiger partial charge in [0.25, 0.3) is 0 Å². The van der Waals surface area contributed by atoms with Gasteiger partial charge < -0.3 is 36.7 Å². The van der Waals surface area contributed by atoms with Gasteiger partial charge in [-0.25, -0.2) is 9.59 Å². The number of methoxy groups -OCH3 is 2. The van der Waals surface area contributed by atoms with Crippen LogP contribution in [-0.2, 0) is 0 Å². The van der Waals surface area contributed by atoms with Gasteiger partial charge in [0.1, 0.15) is 0 Å². The van der Waals surface area contributed by atoms with Gasteiger partial charge in [-0.3, -0.25) is 0 Å². The van der Waals surface area contributed by atoms with Crippen molar-refractivity contribution in [3.8, 4) is 11.5 Å². The van der Waals surface area contributed by atoms with Gasteiger partial charge in [0.2, 0.25) is 7.14 Å². The summed E-state index contributed by atoms with van der Waals surface area (Å²) in [5.74, 6) is -0.899. The maximum Gasteiger partial charge on any atom is 0.366 e. The lowest BCUT2D eigenvalue weighted by molar-refractivity contribution is -0.598. The molecule has 0 aliphatic heterocycles. The Morgan fingerprint density at radius 3 is 1.50 bits per heavy atom. The summed E-state index contributed by atoms with van der Waals surface area (Å²) in [5.41, 5.74) is 0.322. The van der Waals surface area contributed by atoms with Gasteiger partial charge >= 0.3 is 33.1 Å². The zero-order valence-corrected chi connectivity index (χ0v) is 16.5. The van der Waals surface area contributed by atoms with E-state index in [1.54, 1.807) is 24.3 Å². The fraction of sp³-hybridized carbons (Fsp3) is 0.125. The summed E-state index contributed by atoms with van der Waals surface area (Å²) in [4.78, 5) is 22.3. The predicted molar refractivity (Wildman–Crippen MR) is 77.3 cm³/mol. The molecule has 8 heteroatoms. The molecule has 0 fully saturated rings. The van der Waals surface area contributed by atoms with Crippen LogP contribution in [0.4, 0.5) is 0 Å². The highest BCUT2D eigenvalue weighted by atomic mass is 127. The molecule has 128 valence electrons. The van der Waals surface area contributed by atoms with Crippen molar-refractivity contribution in [1.82, 2.24) is 0 Å². The van der Waals surface area contributed by atoms with Crippen LogP contribution in [0.2, 0.25) is 0 Å². The lowest BCUT2D eigenvalue weighted by Crippen LogP contribution is -3.61. The van der Waals surface area contributed by atoms with Crippen molar-refractivity contribution >= 4 is 11.9 Å². The van der Waals surface area contributed by atoms with Gasteiger partial charge in [-0.15, -0.1) is 0 Å². The van der Waals surface area contributed by atoms with Gasteiger partial charge in [0.15, 0.2) is 11.5 Å². The number of benzene rings is 2. The number of carboxylic acid groups (broad SMARTS) is 2. The Morgan fingerprint density at radius 1 is 0.833 bits per heavy atom. The number of carbonyl (C=O) groups is 2. The number of ether oxygens (including phenoxy) is 2. The third kappa shape index (κ3) is 4.60. The smallest absolute Gasteiger partial charge is 0.366 e. The van der Waals surface area contributed by atoms with Gasteiger partial charge in [0, 0.05) is 12.1 Å². The lowest BCUT2D eigenvalue weighted by Gasteiger charge is -2.03. The van der Waals surface area contributed by atoms with Crippen LogP contribution in [0, 0.1) is 7.14 Å². The SMILES string of the molecule is COc1ccc(C(=O)O)cc1[I+]c1cc(C(=O)O)ccc1OC.[Br-]. The minimum absolute atomic E-state index is 0. The van der Waals surface area contributed by atoms with Crippen LogP contribution in [0.1, 0.15) is 20.7 Å². The van der Waals surface area contributed by atoms with Crippen LogP contribution >= 0.6 is 0 Å². The Labute approximate surface area is 159 Å². The van der Waals surface area contributed by atoms with Crippen LogP contribution in [0.5, 0.6) is 11.5 Å². The van der Waals surface area contributed by atoms with E-state index >= 15 is 0 Å². The van der Waals surface area contributed by atoms with Crippen molar-refractivity contribution < 1.29 is 67.5 Å². The molecule has 24 heavy (non-hydrogen) atoms. The molecule has 0 spiro atoms. The second-order valence-electron chi connectivity index (χ2n) is 4.40. The standard InChI is InChI=1S/C16H13IO6.BrH/c1-22-13-5-3-9(15(18)19)7-11(13)17-12-8-10(16(20)21)4-6-14(12)23-2;/h3-8H,1-2H3,(H-,18,19,20,21);1H. The van der Waals surface area contributed by atoms with Crippen molar-refractivity contribution in [2.45, 2.75) is 0 Å².